The van der Waals surface area contributed by atoms with Crippen molar-refractivity contribution in [3.8, 4) is 0 Å². The van der Waals surface area contributed by atoms with E-state index < -0.39 is 17.4 Å². The molecule has 90 valence electrons. The van der Waals surface area contributed by atoms with Crippen molar-refractivity contribution in [2.75, 3.05) is 0 Å². The number of fused-ring (bicyclic) bond motifs is 1. The summed E-state index contributed by atoms with van der Waals surface area (Å²) in [7, 11) is 1.43. The second-order valence-electron chi connectivity index (χ2n) is 3.63. The molecule has 7 heteroatoms. The first-order valence-corrected chi connectivity index (χ1v) is 4.71. The third-order valence-electron chi connectivity index (χ3n) is 2.40. The first-order chi connectivity index (χ1) is 7.80. The topological polar surface area (TPSA) is 47.8 Å². The molecule has 0 aliphatic rings. The minimum absolute atomic E-state index is 0.0535. The Morgan fingerprint density at radius 1 is 1.35 bits per heavy atom. The molecule has 0 N–H and O–H groups in total. The monoisotopic (exact) mass is 243 g/mol. The summed E-state index contributed by atoms with van der Waals surface area (Å²) in [4.78, 5) is 15.1. The fraction of sp³-hybridized carbons (Fsp3) is 0.300. The number of alkyl halides is 3. The first-order valence-electron chi connectivity index (χ1n) is 4.71. The highest BCUT2D eigenvalue weighted by atomic mass is 19.4. The number of hydrogen-bond donors (Lipinski definition) is 0. The van der Waals surface area contributed by atoms with Gasteiger partial charge in [0.05, 0.1) is 17.3 Å². The van der Waals surface area contributed by atoms with E-state index in [1.807, 2.05) is 0 Å². The summed E-state index contributed by atoms with van der Waals surface area (Å²) in [5.74, 6) is 0. The molecule has 0 spiro atoms. The lowest BCUT2D eigenvalue weighted by Crippen LogP contribution is -2.21. The molecule has 2 rings (SSSR count). The van der Waals surface area contributed by atoms with Gasteiger partial charge in [0.1, 0.15) is 5.69 Å². The van der Waals surface area contributed by atoms with Gasteiger partial charge in [-0.2, -0.15) is 18.3 Å². The zero-order valence-corrected chi connectivity index (χ0v) is 9.04. The number of pyridine rings is 1. The predicted octanol–water partition coefficient (Wildman–Crippen LogP) is 1.66. The van der Waals surface area contributed by atoms with E-state index in [1.165, 1.54) is 20.2 Å². The van der Waals surface area contributed by atoms with Crippen LogP contribution in [-0.2, 0) is 13.2 Å². The lowest BCUT2D eigenvalue weighted by Gasteiger charge is -2.09. The van der Waals surface area contributed by atoms with Crippen molar-refractivity contribution in [1.82, 2.24) is 14.8 Å². The molecule has 2 aromatic rings. The Kier molecular flexibility index (Phi) is 2.41. The van der Waals surface area contributed by atoms with E-state index in [-0.39, 0.29) is 16.5 Å². The third kappa shape index (κ3) is 1.88. The van der Waals surface area contributed by atoms with Gasteiger partial charge in [-0.1, -0.05) is 0 Å². The van der Waals surface area contributed by atoms with Crippen LogP contribution in [0.3, 0.4) is 0 Å². The van der Waals surface area contributed by atoms with Gasteiger partial charge in [-0.3, -0.25) is 4.79 Å². The van der Waals surface area contributed by atoms with Gasteiger partial charge < -0.3 is 0 Å². The van der Waals surface area contributed by atoms with Gasteiger partial charge in [0.25, 0.3) is 5.56 Å². The van der Waals surface area contributed by atoms with Crippen LogP contribution < -0.4 is 5.56 Å². The molecule has 0 bridgehead atoms. The standard InChI is InChI=1S/C10H8F3N3O/c1-5-8-6(4-14-16(2)9(8)17)3-7(15-5)10(11,12)13/h3-4H,1-2H3. The summed E-state index contributed by atoms with van der Waals surface area (Å²) in [6, 6.07) is 0.830. The average molecular weight is 243 g/mol. The molecule has 0 aliphatic carbocycles. The molecule has 0 atom stereocenters. The van der Waals surface area contributed by atoms with Gasteiger partial charge in [0.15, 0.2) is 0 Å². The minimum atomic E-state index is -4.53. The quantitative estimate of drug-likeness (QED) is 0.707. The normalized spacial score (nSPS) is 12.1. The summed E-state index contributed by atoms with van der Waals surface area (Å²) in [6.45, 7) is 1.37. The van der Waals surface area contributed by atoms with Gasteiger partial charge in [-0.05, 0) is 13.0 Å². The molecule has 0 radical (unpaired) electrons. The maximum absolute atomic E-state index is 12.5. The van der Waals surface area contributed by atoms with Crippen LogP contribution in [0.2, 0.25) is 0 Å². The molecule has 0 unspecified atom stereocenters. The maximum Gasteiger partial charge on any atom is 0.433 e. The Labute approximate surface area is 93.7 Å². The van der Waals surface area contributed by atoms with Crippen molar-refractivity contribution >= 4 is 10.8 Å². The molecule has 0 fully saturated rings. The van der Waals surface area contributed by atoms with Gasteiger partial charge in [-0.25, -0.2) is 9.67 Å². The smallest absolute Gasteiger partial charge is 0.267 e. The second kappa shape index (κ2) is 3.54. The molecular formula is C10H8F3N3O. The predicted molar refractivity (Wildman–Crippen MR) is 54.5 cm³/mol. The molecule has 0 saturated heterocycles. The molecule has 2 aromatic heterocycles. The van der Waals surface area contributed by atoms with Crippen molar-refractivity contribution in [2.24, 2.45) is 7.05 Å². The van der Waals surface area contributed by atoms with Crippen LogP contribution in [0.1, 0.15) is 11.4 Å². The van der Waals surface area contributed by atoms with E-state index in [0.717, 1.165) is 10.7 Å². The zero-order chi connectivity index (χ0) is 12.8. The van der Waals surface area contributed by atoms with E-state index in [0.29, 0.717) is 0 Å². The highest BCUT2D eigenvalue weighted by Gasteiger charge is 2.33. The number of aromatic nitrogens is 3. The Bertz CT molecular complexity index is 646. The molecule has 0 aliphatic heterocycles. The number of nitrogens with zero attached hydrogens (tertiary/aromatic N) is 3. The fourth-order valence-electron chi connectivity index (χ4n) is 1.59. The van der Waals surface area contributed by atoms with Gasteiger partial charge >= 0.3 is 6.18 Å². The summed E-state index contributed by atoms with van der Waals surface area (Å²) in [5.41, 5.74) is -1.42. The van der Waals surface area contributed by atoms with Crippen LogP contribution in [0.4, 0.5) is 13.2 Å². The Morgan fingerprint density at radius 3 is 2.59 bits per heavy atom. The van der Waals surface area contributed by atoms with Gasteiger partial charge in [0.2, 0.25) is 0 Å². The number of halogens is 3. The minimum Gasteiger partial charge on any atom is -0.267 e. The number of rotatable bonds is 0. The van der Waals surface area contributed by atoms with Crippen LogP contribution >= 0.6 is 0 Å². The first kappa shape index (κ1) is 11.6. The van der Waals surface area contributed by atoms with Crippen LogP contribution in [0.25, 0.3) is 10.8 Å². The molecule has 0 amide bonds. The van der Waals surface area contributed by atoms with E-state index in [1.54, 1.807) is 0 Å². The number of hydrogen-bond acceptors (Lipinski definition) is 3. The fourth-order valence-corrected chi connectivity index (χ4v) is 1.59. The highest BCUT2D eigenvalue weighted by Crippen LogP contribution is 2.29. The Hall–Kier alpha value is -1.92. The van der Waals surface area contributed by atoms with Crippen molar-refractivity contribution in [1.29, 1.82) is 0 Å². The van der Waals surface area contributed by atoms with E-state index in [9.17, 15) is 18.0 Å². The lowest BCUT2D eigenvalue weighted by atomic mass is 10.1. The van der Waals surface area contributed by atoms with Crippen LogP contribution in [0.15, 0.2) is 17.1 Å². The van der Waals surface area contributed by atoms with Crippen molar-refractivity contribution in [3.05, 3.63) is 34.0 Å². The lowest BCUT2D eigenvalue weighted by molar-refractivity contribution is -0.141. The van der Waals surface area contributed by atoms with E-state index in [2.05, 4.69) is 10.1 Å². The average Bonchev–Trinajstić information content (AvgIpc) is 2.21. The van der Waals surface area contributed by atoms with Gasteiger partial charge in [0, 0.05) is 12.4 Å². The number of aryl methyl sites for hydroxylation is 2. The largest absolute Gasteiger partial charge is 0.433 e. The highest BCUT2D eigenvalue weighted by molar-refractivity contribution is 5.83. The zero-order valence-electron chi connectivity index (χ0n) is 9.04. The van der Waals surface area contributed by atoms with Crippen LogP contribution in [0.5, 0.6) is 0 Å². The summed E-state index contributed by atoms with van der Waals surface area (Å²) in [6.07, 6.45) is -3.30. The second-order valence-corrected chi connectivity index (χ2v) is 3.63. The van der Waals surface area contributed by atoms with E-state index in [4.69, 9.17) is 0 Å². The summed E-state index contributed by atoms with van der Waals surface area (Å²) in [5, 5.41) is 3.99. The molecule has 0 aromatic carbocycles. The molecular weight excluding hydrogens is 235 g/mol. The van der Waals surface area contributed by atoms with Crippen molar-refractivity contribution in [2.45, 2.75) is 13.1 Å². The Morgan fingerprint density at radius 2 is 2.00 bits per heavy atom. The van der Waals surface area contributed by atoms with Crippen LogP contribution in [0, 0.1) is 6.92 Å². The molecule has 17 heavy (non-hydrogen) atoms. The Balaban J connectivity index is 2.87. The SMILES string of the molecule is Cc1nc(C(F)(F)F)cc2cnn(C)c(=O)c12. The molecule has 4 nitrogen and oxygen atoms in total. The third-order valence-corrected chi connectivity index (χ3v) is 2.40. The summed E-state index contributed by atoms with van der Waals surface area (Å²) < 4.78 is 38.6. The summed E-state index contributed by atoms with van der Waals surface area (Å²) >= 11 is 0. The van der Waals surface area contributed by atoms with Gasteiger partial charge in [-0.15, -0.1) is 0 Å². The molecule has 2 heterocycles. The van der Waals surface area contributed by atoms with Crippen LogP contribution in [-0.4, -0.2) is 14.8 Å². The molecule has 0 saturated carbocycles. The van der Waals surface area contributed by atoms with E-state index >= 15 is 0 Å². The van der Waals surface area contributed by atoms with Crippen molar-refractivity contribution in [3.63, 3.8) is 0 Å². The maximum atomic E-state index is 12.5. The van der Waals surface area contributed by atoms with Crippen molar-refractivity contribution < 1.29 is 13.2 Å².